The first-order valence-corrected chi connectivity index (χ1v) is 7.46. The lowest BCUT2D eigenvalue weighted by Crippen LogP contribution is -2.38. The SMILES string of the molecule is C/C=C/CCNC(=NCC(C)c1ccccc1)NCC.I. The highest BCUT2D eigenvalue weighted by Gasteiger charge is 2.04. The van der Waals surface area contributed by atoms with Crippen molar-refractivity contribution in [2.24, 2.45) is 4.99 Å². The van der Waals surface area contributed by atoms with Crippen molar-refractivity contribution in [1.82, 2.24) is 10.6 Å². The third-order valence-corrected chi connectivity index (χ3v) is 3.08. The number of guanidine groups is 1. The maximum atomic E-state index is 4.66. The van der Waals surface area contributed by atoms with Crippen molar-refractivity contribution in [3.05, 3.63) is 48.0 Å². The molecule has 0 heterocycles. The first kappa shape index (κ1) is 20.0. The molecule has 0 aliphatic carbocycles. The van der Waals surface area contributed by atoms with Gasteiger partial charge in [0, 0.05) is 25.6 Å². The van der Waals surface area contributed by atoms with Crippen LogP contribution in [0.4, 0.5) is 0 Å². The Balaban J connectivity index is 0.00000400. The van der Waals surface area contributed by atoms with Crippen LogP contribution in [0, 0.1) is 0 Å². The number of hydrogen-bond donors (Lipinski definition) is 2. The Kier molecular flexibility index (Phi) is 12.1. The van der Waals surface area contributed by atoms with Crippen LogP contribution in [0.2, 0.25) is 0 Å². The fourth-order valence-corrected chi connectivity index (χ4v) is 1.90. The van der Waals surface area contributed by atoms with Gasteiger partial charge in [0.2, 0.25) is 0 Å². The van der Waals surface area contributed by atoms with E-state index < -0.39 is 0 Å². The zero-order valence-corrected chi connectivity index (χ0v) is 15.6. The van der Waals surface area contributed by atoms with Crippen LogP contribution < -0.4 is 10.6 Å². The van der Waals surface area contributed by atoms with Crippen molar-refractivity contribution in [2.45, 2.75) is 33.1 Å². The van der Waals surface area contributed by atoms with E-state index in [2.05, 4.69) is 65.9 Å². The molecule has 4 heteroatoms. The third-order valence-electron chi connectivity index (χ3n) is 3.08. The molecule has 0 radical (unpaired) electrons. The lowest BCUT2D eigenvalue weighted by molar-refractivity contribution is 0.748. The van der Waals surface area contributed by atoms with E-state index >= 15 is 0 Å². The predicted molar refractivity (Wildman–Crippen MR) is 104 cm³/mol. The van der Waals surface area contributed by atoms with Gasteiger partial charge >= 0.3 is 0 Å². The van der Waals surface area contributed by atoms with Gasteiger partial charge in [-0.25, -0.2) is 0 Å². The minimum atomic E-state index is 0. The number of halogens is 1. The molecule has 1 unspecified atom stereocenters. The molecule has 1 aromatic rings. The first-order chi connectivity index (χ1) is 9.77. The van der Waals surface area contributed by atoms with E-state index in [-0.39, 0.29) is 24.0 Å². The van der Waals surface area contributed by atoms with Gasteiger partial charge in [-0.2, -0.15) is 0 Å². The maximum absolute atomic E-state index is 4.66. The van der Waals surface area contributed by atoms with Crippen LogP contribution in [0.25, 0.3) is 0 Å². The first-order valence-electron chi connectivity index (χ1n) is 7.46. The molecular weight excluding hydrogens is 373 g/mol. The summed E-state index contributed by atoms with van der Waals surface area (Å²) in [4.78, 5) is 4.66. The van der Waals surface area contributed by atoms with Gasteiger partial charge in [-0.3, -0.25) is 4.99 Å². The van der Waals surface area contributed by atoms with Gasteiger partial charge in [0.15, 0.2) is 5.96 Å². The number of nitrogens with zero attached hydrogens (tertiary/aromatic N) is 1. The highest BCUT2D eigenvalue weighted by atomic mass is 127. The normalized spacial score (nSPS) is 12.8. The van der Waals surface area contributed by atoms with E-state index in [4.69, 9.17) is 0 Å². The minimum absolute atomic E-state index is 0. The number of allylic oxidation sites excluding steroid dienone is 1. The molecule has 3 nitrogen and oxygen atoms in total. The molecule has 0 bridgehead atoms. The summed E-state index contributed by atoms with van der Waals surface area (Å²) in [5.41, 5.74) is 1.33. The summed E-state index contributed by atoms with van der Waals surface area (Å²) in [7, 11) is 0. The molecule has 0 aliphatic rings. The van der Waals surface area contributed by atoms with E-state index in [9.17, 15) is 0 Å². The molecule has 0 saturated carbocycles. The van der Waals surface area contributed by atoms with Crippen LogP contribution in [-0.2, 0) is 0 Å². The molecule has 1 atom stereocenters. The standard InChI is InChI=1S/C17H27N3.HI/c1-4-6-10-13-19-17(18-5-2)20-14-15(3)16-11-8-7-9-12-16;/h4,6-9,11-12,15H,5,10,13-14H2,1-3H3,(H2,18,19,20);1H/b6-4+;. The molecule has 21 heavy (non-hydrogen) atoms. The number of rotatable bonds is 7. The summed E-state index contributed by atoms with van der Waals surface area (Å²) in [6.45, 7) is 8.93. The molecular formula is C17H28IN3. The molecule has 0 fully saturated rings. The third kappa shape index (κ3) is 8.75. The Bertz CT molecular complexity index is 415. The molecule has 0 spiro atoms. The lowest BCUT2D eigenvalue weighted by atomic mass is 10.0. The topological polar surface area (TPSA) is 36.4 Å². The summed E-state index contributed by atoms with van der Waals surface area (Å²) in [5.74, 6) is 1.34. The van der Waals surface area contributed by atoms with Crippen LogP contribution in [0.15, 0.2) is 47.5 Å². The molecule has 1 aromatic carbocycles. The van der Waals surface area contributed by atoms with Crippen LogP contribution in [-0.4, -0.2) is 25.6 Å². The number of benzene rings is 1. The van der Waals surface area contributed by atoms with Crippen LogP contribution >= 0.6 is 24.0 Å². The maximum Gasteiger partial charge on any atom is 0.191 e. The Morgan fingerprint density at radius 2 is 1.95 bits per heavy atom. The monoisotopic (exact) mass is 401 g/mol. The number of nitrogens with one attached hydrogen (secondary N) is 2. The van der Waals surface area contributed by atoms with Gasteiger partial charge < -0.3 is 10.6 Å². The van der Waals surface area contributed by atoms with Crippen molar-refractivity contribution in [3.63, 3.8) is 0 Å². The second-order valence-corrected chi connectivity index (χ2v) is 4.82. The van der Waals surface area contributed by atoms with Crippen molar-refractivity contribution >= 4 is 29.9 Å². The quantitative estimate of drug-likeness (QED) is 0.239. The number of aliphatic imine (C=N–C) groups is 1. The zero-order valence-electron chi connectivity index (χ0n) is 13.3. The van der Waals surface area contributed by atoms with Gasteiger partial charge in [-0.05, 0) is 25.8 Å². The average molecular weight is 401 g/mol. The molecule has 0 saturated heterocycles. The number of hydrogen-bond acceptors (Lipinski definition) is 1. The second kappa shape index (κ2) is 12.7. The Hall–Kier alpha value is -1.04. The summed E-state index contributed by atoms with van der Waals surface area (Å²) in [6.07, 6.45) is 5.25. The summed E-state index contributed by atoms with van der Waals surface area (Å²) in [6, 6.07) is 10.5. The van der Waals surface area contributed by atoms with Crippen molar-refractivity contribution in [1.29, 1.82) is 0 Å². The summed E-state index contributed by atoms with van der Waals surface area (Å²) >= 11 is 0. The van der Waals surface area contributed by atoms with Crippen LogP contribution in [0.1, 0.15) is 38.7 Å². The second-order valence-electron chi connectivity index (χ2n) is 4.82. The van der Waals surface area contributed by atoms with E-state index in [1.807, 2.05) is 13.0 Å². The summed E-state index contributed by atoms with van der Waals surface area (Å²) in [5, 5.41) is 6.63. The Labute approximate surface area is 146 Å². The smallest absolute Gasteiger partial charge is 0.191 e. The highest BCUT2D eigenvalue weighted by Crippen LogP contribution is 2.14. The summed E-state index contributed by atoms with van der Waals surface area (Å²) < 4.78 is 0. The van der Waals surface area contributed by atoms with E-state index in [1.165, 1.54) is 5.56 Å². The van der Waals surface area contributed by atoms with Gasteiger partial charge in [0.1, 0.15) is 0 Å². The van der Waals surface area contributed by atoms with Gasteiger partial charge in [0.25, 0.3) is 0 Å². The molecule has 0 aromatic heterocycles. The highest BCUT2D eigenvalue weighted by molar-refractivity contribution is 14.0. The lowest BCUT2D eigenvalue weighted by Gasteiger charge is -2.13. The predicted octanol–water partition coefficient (Wildman–Crippen LogP) is 3.93. The molecule has 0 amide bonds. The van der Waals surface area contributed by atoms with Gasteiger partial charge in [-0.1, -0.05) is 49.4 Å². The van der Waals surface area contributed by atoms with E-state index in [0.29, 0.717) is 5.92 Å². The largest absolute Gasteiger partial charge is 0.357 e. The zero-order chi connectivity index (χ0) is 14.6. The molecule has 1 rings (SSSR count). The Morgan fingerprint density at radius 3 is 2.57 bits per heavy atom. The Morgan fingerprint density at radius 1 is 1.24 bits per heavy atom. The van der Waals surface area contributed by atoms with Gasteiger partial charge in [0.05, 0.1) is 0 Å². The van der Waals surface area contributed by atoms with Gasteiger partial charge in [-0.15, -0.1) is 24.0 Å². The fraction of sp³-hybridized carbons (Fsp3) is 0.471. The van der Waals surface area contributed by atoms with Crippen LogP contribution in [0.3, 0.4) is 0 Å². The van der Waals surface area contributed by atoms with Crippen LogP contribution in [0.5, 0.6) is 0 Å². The average Bonchev–Trinajstić information content (AvgIpc) is 2.49. The minimum Gasteiger partial charge on any atom is -0.357 e. The molecule has 0 aliphatic heterocycles. The van der Waals surface area contributed by atoms with Crippen molar-refractivity contribution < 1.29 is 0 Å². The molecule has 2 N–H and O–H groups in total. The van der Waals surface area contributed by atoms with Crippen molar-refractivity contribution in [2.75, 3.05) is 19.6 Å². The van der Waals surface area contributed by atoms with Crippen molar-refractivity contribution in [3.8, 4) is 0 Å². The van der Waals surface area contributed by atoms with E-state index in [0.717, 1.165) is 32.0 Å². The van der Waals surface area contributed by atoms with E-state index in [1.54, 1.807) is 0 Å². The molecule has 118 valence electrons. The fourth-order valence-electron chi connectivity index (χ4n) is 1.90.